The first kappa shape index (κ1) is 17.3. The number of nitro benzene ring substituents is 1. The van der Waals surface area contributed by atoms with Gasteiger partial charge in [-0.1, -0.05) is 35.6 Å². The molecule has 0 saturated carbocycles. The summed E-state index contributed by atoms with van der Waals surface area (Å²) >= 11 is 1.11. The highest BCUT2D eigenvalue weighted by atomic mass is 32.1. The number of para-hydroxylation sites is 3. The van der Waals surface area contributed by atoms with Crippen LogP contribution in [-0.2, 0) is 0 Å². The van der Waals surface area contributed by atoms with E-state index in [-0.39, 0.29) is 17.9 Å². The number of thiazole rings is 1. The van der Waals surface area contributed by atoms with Gasteiger partial charge in [0, 0.05) is 6.07 Å². The molecule has 144 valence electrons. The predicted octanol–water partition coefficient (Wildman–Crippen LogP) is 2.12. The fourth-order valence-corrected chi connectivity index (χ4v) is 3.95. The summed E-state index contributed by atoms with van der Waals surface area (Å²) in [5.74, 6) is 1.59. The minimum atomic E-state index is -0.529. The highest BCUT2D eigenvalue weighted by molar-refractivity contribution is 7.15. The number of rotatable bonds is 3. The van der Waals surface area contributed by atoms with E-state index in [2.05, 4.69) is 10.1 Å². The maximum absolute atomic E-state index is 12.7. The van der Waals surface area contributed by atoms with E-state index < -0.39 is 11.0 Å². The van der Waals surface area contributed by atoms with Crippen LogP contribution in [0.4, 0.5) is 5.69 Å². The quantitative estimate of drug-likeness (QED) is 0.377. The van der Waals surface area contributed by atoms with Gasteiger partial charge < -0.3 is 9.47 Å². The highest BCUT2D eigenvalue weighted by Crippen LogP contribution is 2.35. The van der Waals surface area contributed by atoms with Gasteiger partial charge in [0.1, 0.15) is 6.61 Å². The van der Waals surface area contributed by atoms with E-state index in [1.165, 1.54) is 16.7 Å². The summed E-state index contributed by atoms with van der Waals surface area (Å²) in [6, 6.07) is 13.5. The average Bonchev–Trinajstić information content (AvgIpc) is 3.27. The van der Waals surface area contributed by atoms with Gasteiger partial charge in [0.15, 0.2) is 23.4 Å². The van der Waals surface area contributed by atoms with Crippen molar-refractivity contribution in [2.75, 3.05) is 6.61 Å². The van der Waals surface area contributed by atoms with Crippen molar-refractivity contribution in [3.63, 3.8) is 0 Å². The molecular formula is C19H12N4O5S. The molecule has 0 spiro atoms. The van der Waals surface area contributed by atoms with E-state index in [0.717, 1.165) is 11.3 Å². The van der Waals surface area contributed by atoms with Gasteiger partial charge in [-0.15, -0.1) is 5.10 Å². The SMILES string of the molecule is O=c1c(=Cc2ccccc2[N+](=O)[O-])sc2nc(C3COc4ccccc4O3)nn12. The van der Waals surface area contributed by atoms with Crippen LogP contribution in [0.1, 0.15) is 17.5 Å². The van der Waals surface area contributed by atoms with Crippen LogP contribution in [0, 0.1) is 10.1 Å². The predicted molar refractivity (Wildman–Crippen MR) is 104 cm³/mol. The third-order valence-corrected chi connectivity index (χ3v) is 5.37. The summed E-state index contributed by atoms with van der Waals surface area (Å²) in [4.78, 5) is 28.2. The highest BCUT2D eigenvalue weighted by Gasteiger charge is 2.27. The first-order chi connectivity index (χ1) is 14.1. The lowest BCUT2D eigenvalue weighted by Gasteiger charge is -2.24. The third-order valence-electron chi connectivity index (χ3n) is 4.41. The first-order valence-corrected chi connectivity index (χ1v) is 9.45. The monoisotopic (exact) mass is 408 g/mol. The van der Waals surface area contributed by atoms with Crippen LogP contribution in [0.5, 0.6) is 11.5 Å². The molecule has 2 aromatic carbocycles. The summed E-state index contributed by atoms with van der Waals surface area (Å²) in [7, 11) is 0. The number of hydrogen-bond acceptors (Lipinski definition) is 8. The molecular weight excluding hydrogens is 396 g/mol. The molecule has 0 fully saturated rings. The molecule has 29 heavy (non-hydrogen) atoms. The molecule has 1 atom stereocenters. The molecule has 9 nitrogen and oxygen atoms in total. The first-order valence-electron chi connectivity index (χ1n) is 8.63. The normalized spacial score (nSPS) is 16.3. The molecule has 0 saturated heterocycles. The molecule has 0 N–H and O–H groups in total. The Morgan fingerprint density at radius 1 is 1.17 bits per heavy atom. The van der Waals surface area contributed by atoms with Gasteiger partial charge in [-0.05, 0) is 24.3 Å². The summed E-state index contributed by atoms with van der Waals surface area (Å²) < 4.78 is 13.1. The molecule has 2 aromatic heterocycles. The van der Waals surface area contributed by atoms with Crippen LogP contribution in [0.3, 0.4) is 0 Å². The minimum Gasteiger partial charge on any atom is -0.485 e. The van der Waals surface area contributed by atoms with Crippen molar-refractivity contribution in [1.29, 1.82) is 0 Å². The molecule has 0 radical (unpaired) electrons. The number of benzene rings is 2. The lowest BCUT2D eigenvalue weighted by atomic mass is 10.2. The number of ether oxygens (including phenoxy) is 2. The topological polar surface area (TPSA) is 109 Å². The number of fused-ring (bicyclic) bond motifs is 2. The minimum absolute atomic E-state index is 0.0713. The molecule has 1 aliphatic heterocycles. The lowest BCUT2D eigenvalue weighted by Crippen LogP contribution is -2.26. The van der Waals surface area contributed by atoms with E-state index in [4.69, 9.17) is 9.47 Å². The molecule has 4 aromatic rings. The van der Waals surface area contributed by atoms with Crippen molar-refractivity contribution < 1.29 is 14.4 Å². The Morgan fingerprint density at radius 2 is 1.93 bits per heavy atom. The maximum atomic E-state index is 12.7. The Hall–Kier alpha value is -3.79. The van der Waals surface area contributed by atoms with Gasteiger partial charge in [-0.3, -0.25) is 14.9 Å². The summed E-state index contributed by atoms with van der Waals surface area (Å²) in [6.07, 6.45) is 0.955. The molecule has 3 heterocycles. The Morgan fingerprint density at radius 3 is 2.72 bits per heavy atom. The second-order valence-electron chi connectivity index (χ2n) is 6.26. The zero-order chi connectivity index (χ0) is 20.0. The van der Waals surface area contributed by atoms with Crippen molar-refractivity contribution in [1.82, 2.24) is 14.6 Å². The lowest BCUT2D eigenvalue weighted by molar-refractivity contribution is -0.385. The maximum Gasteiger partial charge on any atom is 0.291 e. The Balaban J connectivity index is 1.52. The van der Waals surface area contributed by atoms with Crippen LogP contribution in [0.2, 0.25) is 0 Å². The van der Waals surface area contributed by atoms with Crippen molar-refractivity contribution in [2.24, 2.45) is 0 Å². The largest absolute Gasteiger partial charge is 0.485 e. The van der Waals surface area contributed by atoms with Crippen molar-refractivity contribution in [3.05, 3.63) is 84.9 Å². The van der Waals surface area contributed by atoms with E-state index in [0.29, 0.717) is 32.4 Å². The third kappa shape index (κ3) is 2.99. The van der Waals surface area contributed by atoms with Crippen LogP contribution in [-0.4, -0.2) is 26.1 Å². The standard InChI is InChI=1S/C19H12N4O5S/c24-18-16(9-11-5-1-2-6-12(11)23(25)26)29-19-20-17(21-22(18)19)15-10-27-13-7-3-4-8-14(13)28-15/h1-9,15H,10H2. The Bertz CT molecular complexity index is 1360. The molecule has 0 bridgehead atoms. The van der Waals surface area contributed by atoms with Gasteiger partial charge in [-0.25, -0.2) is 0 Å². The Kier molecular flexibility index (Phi) is 3.98. The van der Waals surface area contributed by atoms with Crippen LogP contribution in [0.15, 0.2) is 53.3 Å². The second kappa shape index (κ2) is 6.67. The number of aromatic nitrogens is 3. The average molecular weight is 408 g/mol. The van der Waals surface area contributed by atoms with Crippen molar-refractivity contribution in [2.45, 2.75) is 6.10 Å². The van der Waals surface area contributed by atoms with E-state index in [1.54, 1.807) is 24.3 Å². The van der Waals surface area contributed by atoms with Gasteiger partial charge in [0.2, 0.25) is 4.96 Å². The van der Waals surface area contributed by atoms with E-state index in [1.807, 2.05) is 18.2 Å². The molecule has 1 unspecified atom stereocenters. The molecule has 0 amide bonds. The fraction of sp³-hybridized carbons (Fsp3) is 0.105. The zero-order valence-corrected chi connectivity index (χ0v) is 15.5. The second-order valence-corrected chi connectivity index (χ2v) is 7.27. The zero-order valence-electron chi connectivity index (χ0n) is 14.7. The molecule has 1 aliphatic rings. The smallest absolute Gasteiger partial charge is 0.291 e. The molecule has 0 aliphatic carbocycles. The van der Waals surface area contributed by atoms with Crippen molar-refractivity contribution >= 4 is 28.1 Å². The van der Waals surface area contributed by atoms with Gasteiger partial charge in [-0.2, -0.15) is 9.50 Å². The van der Waals surface area contributed by atoms with Gasteiger partial charge in [0.25, 0.3) is 11.2 Å². The van der Waals surface area contributed by atoms with Crippen molar-refractivity contribution in [3.8, 4) is 11.5 Å². The number of nitro groups is 1. The molecule has 5 rings (SSSR count). The fourth-order valence-electron chi connectivity index (χ4n) is 3.05. The summed E-state index contributed by atoms with van der Waals surface area (Å²) in [5.41, 5.74) is -0.114. The number of hydrogen-bond donors (Lipinski definition) is 0. The number of nitrogens with zero attached hydrogens (tertiary/aromatic N) is 4. The van der Waals surface area contributed by atoms with Crippen LogP contribution < -0.4 is 19.6 Å². The van der Waals surface area contributed by atoms with Crippen LogP contribution in [0.25, 0.3) is 11.0 Å². The van der Waals surface area contributed by atoms with Crippen LogP contribution >= 0.6 is 11.3 Å². The molecule has 10 heteroatoms. The van der Waals surface area contributed by atoms with E-state index >= 15 is 0 Å². The summed E-state index contributed by atoms with van der Waals surface area (Å²) in [5, 5.41) is 15.5. The summed E-state index contributed by atoms with van der Waals surface area (Å²) in [6.45, 7) is 0.234. The Labute approximate surface area is 166 Å². The van der Waals surface area contributed by atoms with Gasteiger partial charge in [0.05, 0.1) is 15.0 Å². The van der Waals surface area contributed by atoms with E-state index in [9.17, 15) is 14.9 Å². The van der Waals surface area contributed by atoms with Gasteiger partial charge >= 0.3 is 0 Å².